The van der Waals surface area contributed by atoms with Gasteiger partial charge in [-0.05, 0) is 42.5 Å². The van der Waals surface area contributed by atoms with Crippen molar-refractivity contribution in [3.8, 4) is 0 Å². The molecule has 3 amide bonds. The van der Waals surface area contributed by atoms with Crippen molar-refractivity contribution in [3.63, 3.8) is 0 Å². The lowest BCUT2D eigenvalue weighted by Crippen LogP contribution is -2.56. The van der Waals surface area contributed by atoms with Crippen LogP contribution in [-0.2, 0) is 11.2 Å². The molecule has 1 aliphatic heterocycles. The van der Waals surface area contributed by atoms with Gasteiger partial charge < -0.3 is 16.0 Å². The fraction of sp³-hybridized carbons (Fsp3) is 0.467. The first-order valence-corrected chi connectivity index (χ1v) is 7.23. The predicted octanol–water partition coefficient (Wildman–Crippen LogP) is 1.33. The van der Waals surface area contributed by atoms with Crippen molar-refractivity contribution in [1.29, 1.82) is 0 Å². The molecule has 7 heteroatoms. The summed E-state index contributed by atoms with van der Waals surface area (Å²) in [6.07, 6.45) is 0.967. The van der Waals surface area contributed by atoms with Gasteiger partial charge in [-0.25, -0.2) is 13.6 Å². The lowest BCUT2D eigenvalue weighted by atomic mass is 9.94. The first-order valence-electron chi connectivity index (χ1n) is 7.23. The number of amides is 3. The van der Waals surface area contributed by atoms with Gasteiger partial charge in [-0.1, -0.05) is 6.92 Å². The molecule has 0 bridgehead atoms. The molecular weight excluding hydrogens is 292 g/mol. The van der Waals surface area contributed by atoms with Crippen LogP contribution in [0.25, 0.3) is 0 Å². The van der Waals surface area contributed by atoms with E-state index in [0.717, 1.165) is 24.6 Å². The van der Waals surface area contributed by atoms with Gasteiger partial charge in [0.1, 0.15) is 17.7 Å². The smallest absolute Gasteiger partial charge is 0.315 e. The number of hydrogen-bond acceptors (Lipinski definition) is 2. The number of hydrogen-bond donors (Lipinski definition) is 3. The van der Waals surface area contributed by atoms with Gasteiger partial charge in [0.15, 0.2) is 0 Å². The summed E-state index contributed by atoms with van der Waals surface area (Å²) in [5.41, 5.74) is 0.198. The fourth-order valence-electron chi connectivity index (χ4n) is 2.40. The van der Waals surface area contributed by atoms with E-state index in [1.165, 1.54) is 0 Å². The van der Waals surface area contributed by atoms with Crippen LogP contribution >= 0.6 is 0 Å². The van der Waals surface area contributed by atoms with Crippen LogP contribution in [0.4, 0.5) is 13.6 Å². The van der Waals surface area contributed by atoms with E-state index in [4.69, 9.17) is 0 Å². The highest BCUT2D eigenvalue weighted by molar-refractivity contribution is 5.87. The first-order chi connectivity index (χ1) is 10.5. The standard InChI is InChI=1S/C15H19F2N3O2/c1-9-4-6-18-14(21)13(9)20-15(22)19-7-5-10-8-11(16)2-3-12(10)17/h2-3,8-9,13H,4-7H2,1H3,(H,18,21)(H2,19,20,22)/t9-,13-/m1/s1. The molecule has 120 valence electrons. The quantitative estimate of drug-likeness (QED) is 0.785. The molecule has 0 radical (unpaired) electrons. The molecule has 2 atom stereocenters. The van der Waals surface area contributed by atoms with Crippen LogP contribution in [0.1, 0.15) is 18.9 Å². The Labute approximate surface area is 127 Å². The van der Waals surface area contributed by atoms with Crippen LogP contribution < -0.4 is 16.0 Å². The van der Waals surface area contributed by atoms with E-state index >= 15 is 0 Å². The van der Waals surface area contributed by atoms with Gasteiger partial charge >= 0.3 is 6.03 Å². The van der Waals surface area contributed by atoms with Gasteiger partial charge in [-0.2, -0.15) is 0 Å². The molecule has 22 heavy (non-hydrogen) atoms. The maximum Gasteiger partial charge on any atom is 0.315 e. The number of rotatable bonds is 4. The van der Waals surface area contributed by atoms with Gasteiger partial charge in [-0.3, -0.25) is 4.79 Å². The van der Waals surface area contributed by atoms with Crippen molar-refractivity contribution >= 4 is 11.9 Å². The average molecular weight is 311 g/mol. The molecule has 1 fully saturated rings. The van der Waals surface area contributed by atoms with E-state index in [9.17, 15) is 18.4 Å². The molecule has 0 aromatic heterocycles. The number of carbonyl (C=O) groups excluding carboxylic acids is 2. The van der Waals surface area contributed by atoms with E-state index in [1.54, 1.807) is 0 Å². The monoisotopic (exact) mass is 311 g/mol. The van der Waals surface area contributed by atoms with Crippen LogP contribution in [0, 0.1) is 17.6 Å². The van der Waals surface area contributed by atoms with E-state index in [1.807, 2.05) is 6.92 Å². The normalized spacial score (nSPS) is 21.1. The van der Waals surface area contributed by atoms with Crippen molar-refractivity contribution < 1.29 is 18.4 Å². The molecular formula is C15H19F2N3O2. The molecule has 1 saturated heterocycles. The third-order valence-electron chi connectivity index (χ3n) is 3.72. The summed E-state index contributed by atoms with van der Waals surface area (Å²) in [5, 5.41) is 7.84. The van der Waals surface area contributed by atoms with Crippen molar-refractivity contribution in [1.82, 2.24) is 16.0 Å². The SMILES string of the molecule is C[C@@H]1CCNC(=O)[C@@H]1NC(=O)NCCc1cc(F)ccc1F. The van der Waals surface area contributed by atoms with Crippen molar-refractivity contribution in [2.24, 2.45) is 5.92 Å². The molecule has 1 aromatic carbocycles. The number of carbonyl (C=O) groups is 2. The summed E-state index contributed by atoms with van der Waals surface area (Å²) in [6.45, 7) is 2.65. The van der Waals surface area contributed by atoms with Crippen molar-refractivity contribution in [2.45, 2.75) is 25.8 Å². The Hall–Kier alpha value is -2.18. The topological polar surface area (TPSA) is 70.2 Å². The highest BCUT2D eigenvalue weighted by atomic mass is 19.1. The van der Waals surface area contributed by atoms with Crippen LogP contribution in [-0.4, -0.2) is 31.1 Å². The summed E-state index contributed by atoms with van der Waals surface area (Å²) in [5.74, 6) is -1.18. The minimum absolute atomic E-state index is 0.0557. The van der Waals surface area contributed by atoms with Gasteiger partial charge in [-0.15, -0.1) is 0 Å². The molecule has 1 heterocycles. The van der Waals surface area contributed by atoms with Gasteiger partial charge in [0, 0.05) is 13.1 Å². The third kappa shape index (κ3) is 4.16. The Morgan fingerprint density at radius 2 is 2.18 bits per heavy atom. The molecule has 0 saturated carbocycles. The molecule has 0 unspecified atom stereocenters. The number of nitrogens with one attached hydrogen (secondary N) is 3. The van der Waals surface area contributed by atoms with Crippen LogP contribution in [0.5, 0.6) is 0 Å². The molecule has 0 aliphatic carbocycles. The summed E-state index contributed by atoms with van der Waals surface area (Å²) in [4.78, 5) is 23.4. The van der Waals surface area contributed by atoms with E-state index in [-0.39, 0.29) is 30.4 Å². The van der Waals surface area contributed by atoms with Crippen molar-refractivity contribution in [3.05, 3.63) is 35.4 Å². The first kappa shape index (κ1) is 16.2. The molecule has 1 aromatic rings. The lowest BCUT2D eigenvalue weighted by molar-refractivity contribution is -0.125. The Morgan fingerprint density at radius 3 is 2.91 bits per heavy atom. The number of benzene rings is 1. The zero-order chi connectivity index (χ0) is 16.1. The fourth-order valence-corrected chi connectivity index (χ4v) is 2.40. The van der Waals surface area contributed by atoms with Gasteiger partial charge in [0.05, 0.1) is 0 Å². The zero-order valence-corrected chi connectivity index (χ0v) is 12.3. The minimum atomic E-state index is -0.570. The number of piperidine rings is 1. The Bertz CT molecular complexity index is 566. The average Bonchev–Trinajstić information content (AvgIpc) is 2.47. The summed E-state index contributed by atoms with van der Waals surface area (Å²) in [6, 6.07) is 2.14. The molecule has 2 rings (SSSR count). The van der Waals surface area contributed by atoms with Crippen LogP contribution in [0.3, 0.4) is 0 Å². The maximum atomic E-state index is 13.4. The molecule has 5 nitrogen and oxygen atoms in total. The second-order valence-electron chi connectivity index (χ2n) is 5.42. The summed E-state index contributed by atoms with van der Waals surface area (Å²) >= 11 is 0. The largest absolute Gasteiger partial charge is 0.354 e. The molecule has 0 spiro atoms. The second-order valence-corrected chi connectivity index (χ2v) is 5.42. The highest BCUT2D eigenvalue weighted by Gasteiger charge is 2.29. The van der Waals surface area contributed by atoms with E-state index in [2.05, 4.69) is 16.0 Å². The van der Waals surface area contributed by atoms with E-state index < -0.39 is 23.7 Å². The maximum absolute atomic E-state index is 13.4. The Kier molecular flexibility index (Phi) is 5.30. The van der Waals surface area contributed by atoms with Crippen LogP contribution in [0.2, 0.25) is 0 Å². The van der Waals surface area contributed by atoms with Crippen LogP contribution in [0.15, 0.2) is 18.2 Å². The minimum Gasteiger partial charge on any atom is -0.354 e. The second kappa shape index (κ2) is 7.20. The van der Waals surface area contributed by atoms with Gasteiger partial charge in [0.2, 0.25) is 5.91 Å². The highest BCUT2D eigenvalue weighted by Crippen LogP contribution is 2.12. The molecule has 3 N–H and O–H groups in total. The lowest BCUT2D eigenvalue weighted by Gasteiger charge is -2.28. The van der Waals surface area contributed by atoms with E-state index in [0.29, 0.717) is 6.54 Å². The summed E-state index contributed by atoms with van der Waals surface area (Å²) in [7, 11) is 0. The Morgan fingerprint density at radius 1 is 1.41 bits per heavy atom. The van der Waals surface area contributed by atoms with Crippen molar-refractivity contribution in [2.75, 3.05) is 13.1 Å². The number of halogens is 2. The number of urea groups is 1. The third-order valence-corrected chi connectivity index (χ3v) is 3.72. The predicted molar refractivity (Wildman–Crippen MR) is 77.2 cm³/mol. The molecule has 1 aliphatic rings. The Balaban J connectivity index is 1.80. The van der Waals surface area contributed by atoms with Gasteiger partial charge in [0.25, 0.3) is 0 Å². The zero-order valence-electron chi connectivity index (χ0n) is 12.3. The summed E-state index contributed by atoms with van der Waals surface area (Å²) < 4.78 is 26.4.